The van der Waals surface area contributed by atoms with Gasteiger partial charge in [-0.3, -0.25) is 4.99 Å². The van der Waals surface area contributed by atoms with E-state index < -0.39 is 21.5 Å². The maximum absolute atomic E-state index is 11.5. The Morgan fingerprint density at radius 1 is 1.08 bits per heavy atom. The van der Waals surface area contributed by atoms with Crippen molar-refractivity contribution in [3.8, 4) is 0 Å². The van der Waals surface area contributed by atoms with Crippen molar-refractivity contribution in [1.29, 1.82) is 0 Å². The molecular formula is C16H34N4O5S. The lowest BCUT2D eigenvalue weighted by Crippen LogP contribution is -2.39. The first-order valence-electron chi connectivity index (χ1n) is 8.78. The maximum atomic E-state index is 11.5. The fourth-order valence-electron chi connectivity index (χ4n) is 1.67. The number of ether oxygens (including phenoxy) is 2. The molecule has 9 nitrogen and oxygen atoms in total. The Kier molecular flexibility index (Phi) is 12.0. The number of carbonyl (C=O) groups excluding carboxylic acids is 1. The lowest BCUT2D eigenvalue weighted by molar-refractivity contribution is 0.0527. The van der Waals surface area contributed by atoms with E-state index in [-0.39, 0.29) is 12.4 Å². The van der Waals surface area contributed by atoms with Crippen LogP contribution in [-0.4, -0.2) is 77.5 Å². The molecule has 0 saturated heterocycles. The van der Waals surface area contributed by atoms with Crippen LogP contribution < -0.4 is 16.0 Å². The van der Waals surface area contributed by atoms with Crippen LogP contribution in [0.4, 0.5) is 4.79 Å². The summed E-state index contributed by atoms with van der Waals surface area (Å²) in [7, 11) is -2.99. The van der Waals surface area contributed by atoms with Gasteiger partial charge < -0.3 is 25.4 Å². The summed E-state index contributed by atoms with van der Waals surface area (Å²) < 4.78 is 32.4. The second-order valence-electron chi connectivity index (χ2n) is 6.71. The molecule has 0 rings (SSSR count). The molecule has 0 aliphatic rings. The second-order valence-corrected chi connectivity index (χ2v) is 8.97. The molecule has 0 aliphatic heterocycles. The first-order valence-corrected chi connectivity index (χ1v) is 10.8. The van der Waals surface area contributed by atoms with Crippen molar-refractivity contribution in [2.24, 2.45) is 4.99 Å². The smallest absolute Gasteiger partial charge is 0.407 e. The lowest BCUT2D eigenvalue weighted by Gasteiger charge is -2.19. The monoisotopic (exact) mass is 394 g/mol. The Morgan fingerprint density at radius 2 is 1.77 bits per heavy atom. The Labute approximate surface area is 157 Å². The van der Waals surface area contributed by atoms with Gasteiger partial charge in [-0.05, 0) is 34.1 Å². The molecule has 1 amide bonds. The van der Waals surface area contributed by atoms with Gasteiger partial charge in [0.15, 0.2) is 5.96 Å². The summed E-state index contributed by atoms with van der Waals surface area (Å²) in [6.07, 6.45) is 1.43. The number of carbonyl (C=O) groups is 1. The number of nitrogens with one attached hydrogen (secondary N) is 3. The second kappa shape index (κ2) is 12.7. The number of hydrogen-bond donors (Lipinski definition) is 3. The van der Waals surface area contributed by atoms with E-state index in [9.17, 15) is 13.2 Å². The highest BCUT2D eigenvalue weighted by Gasteiger charge is 2.15. The van der Waals surface area contributed by atoms with Gasteiger partial charge in [0.1, 0.15) is 15.4 Å². The summed E-state index contributed by atoms with van der Waals surface area (Å²) in [5, 5.41) is 8.89. The van der Waals surface area contributed by atoms with Crippen molar-refractivity contribution in [1.82, 2.24) is 16.0 Å². The number of sulfone groups is 1. The number of rotatable bonds is 11. The van der Waals surface area contributed by atoms with Gasteiger partial charge in [-0.15, -0.1) is 0 Å². The Balaban J connectivity index is 3.93. The maximum Gasteiger partial charge on any atom is 0.407 e. The van der Waals surface area contributed by atoms with Gasteiger partial charge >= 0.3 is 6.09 Å². The largest absolute Gasteiger partial charge is 0.444 e. The molecule has 0 heterocycles. The molecule has 0 atom stereocenters. The highest BCUT2D eigenvalue weighted by Crippen LogP contribution is 2.06. The topological polar surface area (TPSA) is 118 Å². The molecule has 0 unspecified atom stereocenters. The molecule has 154 valence electrons. The van der Waals surface area contributed by atoms with Crippen LogP contribution in [0.15, 0.2) is 4.99 Å². The van der Waals surface area contributed by atoms with Crippen LogP contribution in [0.1, 0.15) is 34.1 Å². The van der Waals surface area contributed by atoms with Crippen molar-refractivity contribution in [2.75, 3.05) is 51.4 Å². The summed E-state index contributed by atoms with van der Waals surface area (Å²) in [5.41, 5.74) is -0.506. The van der Waals surface area contributed by atoms with Gasteiger partial charge in [0, 0.05) is 32.4 Å². The third-order valence-corrected chi connectivity index (χ3v) is 3.66. The van der Waals surface area contributed by atoms with E-state index in [2.05, 4.69) is 20.9 Å². The zero-order valence-corrected chi connectivity index (χ0v) is 17.4. The van der Waals surface area contributed by atoms with Gasteiger partial charge in [-0.2, -0.15) is 0 Å². The lowest BCUT2D eigenvalue weighted by atomic mass is 10.2. The fraction of sp³-hybridized carbons (Fsp3) is 0.875. The molecule has 0 fully saturated rings. The molecule has 0 aliphatic carbocycles. The predicted molar refractivity (Wildman–Crippen MR) is 103 cm³/mol. The standard InChI is InChI=1S/C16H34N4O5S/c1-6-17-14(19-10-11-24-12-13-26(5,22)23)18-8-7-9-20-15(21)25-16(2,3)4/h6-13H2,1-5H3,(H,20,21)(H2,17,18,19). The van der Waals surface area contributed by atoms with Crippen LogP contribution in [-0.2, 0) is 19.3 Å². The predicted octanol–water partition coefficient (Wildman–Crippen LogP) is 0.518. The quantitative estimate of drug-likeness (QED) is 0.265. The molecule has 0 aromatic heterocycles. The minimum absolute atomic E-state index is 0.0196. The average Bonchev–Trinajstić information content (AvgIpc) is 2.47. The summed E-state index contributed by atoms with van der Waals surface area (Å²) >= 11 is 0. The minimum Gasteiger partial charge on any atom is -0.444 e. The number of nitrogens with zero attached hydrogens (tertiary/aromatic N) is 1. The van der Waals surface area contributed by atoms with Crippen molar-refractivity contribution >= 4 is 21.9 Å². The molecule has 10 heteroatoms. The van der Waals surface area contributed by atoms with E-state index in [1.54, 1.807) is 0 Å². The Morgan fingerprint density at radius 3 is 2.35 bits per heavy atom. The summed E-state index contributed by atoms with van der Waals surface area (Å²) in [5.74, 6) is 0.669. The summed E-state index contributed by atoms with van der Waals surface area (Å²) in [6, 6.07) is 0. The zero-order valence-electron chi connectivity index (χ0n) is 16.6. The van der Waals surface area contributed by atoms with Crippen molar-refractivity contribution in [3.63, 3.8) is 0 Å². The van der Waals surface area contributed by atoms with Gasteiger partial charge in [0.2, 0.25) is 0 Å². The summed E-state index contributed by atoms with van der Waals surface area (Å²) in [4.78, 5) is 15.9. The first-order chi connectivity index (χ1) is 12.0. The van der Waals surface area contributed by atoms with E-state index in [1.807, 2.05) is 27.7 Å². The zero-order chi connectivity index (χ0) is 20.1. The number of aliphatic imine (C=N–C) groups is 1. The van der Waals surface area contributed by atoms with E-state index in [1.165, 1.54) is 6.26 Å². The van der Waals surface area contributed by atoms with Crippen LogP contribution in [0.2, 0.25) is 0 Å². The fourth-order valence-corrected chi connectivity index (χ4v) is 2.09. The highest BCUT2D eigenvalue weighted by molar-refractivity contribution is 7.90. The molecule has 3 N–H and O–H groups in total. The summed E-state index contributed by atoms with van der Waals surface area (Å²) in [6.45, 7) is 10.2. The van der Waals surface area contributed by atoms with Crippen molar-refractivity contribution in [2.45, 2.75) is 39.7 Å². The average molecular weight is 395 g/mol. The number of guanidine groups is 1. The molecule has 0 aromatic carbocycles. The van der Waals surface area contributed by atoms with Gasteiger partial charge in [0.05, 0.1) is 19.0 Å². The normalized spacial score (nSPS) is 12.6. The van der Waals surface area contributed by atoms with Gasteiger partial charge in [0.25, 0.3) is 0 Å². The molecule has 0 spiro atoms. The third-order valence-electron chi connectivity index (χ3n) is 2.75. The molecule has 0 bridgehead atoms. The van der Waals surface area contributed by atoms with Crippen molar-refractivity contribution < 1.29 is 22.7 Å². The molecule has 0 aromatic rings. The van der Waals surface area contributed by atoms with E-state index in [0.717, 1.165) is 6.54 Å². The molecule has 26 heavy (non-hydrogen) atoms. The van der Waals surface area contributed by atoms with Crippen LogP contribution in [0.3, 0.4) is 0 Å². The minimum atomic E-state index is -2.99. The van der Waals surface area contributed by atoms with Gasteiger partial charge in [-0.1, -0.05) is 0 Å². The first kappa shape index (κ1) is 24.5. The number of alkyl carbamates (subject to hydrolysis) is 1. The molecular weight excluding hydrogens is 360 g/mol. The third kappa shape index (κ3) is 17.3. The van der Waals surface area contributed by atoms with Crippen LogP contribution in [0, 0.1) is 0 Å². The van der Waals surface area contributed by atoms with Gasteiger partial charge in [-0.25, -0.2) is 13.2 Å². The highest BCUT2D eigenvalue weighted by atomic mass is 32.2. The Hall–Kier alpha value is -1.55. The van der Waals surface area contributed by atoms with Crippen LogP contribution in [0.25, 0.3) is 0 Å². The van der Waals surface area contributed by atoms with Crippen LogP contribution in [0.5, 0.6) is 0 Å². The molecule has 0 saturated carbocycles. The van der Waals surface area contributed by atoms with E-state index in [4.69, 9.17) is 9.47 Å². The molecule has 0 radical (unpaired) electrons. The van der Waals surface area contributed by atoms with E-state index >= 15 is 0 Å². The van der Waals surface area contributed by atoms with Crippen molar-refractivity contribution in [3.05, 3.63) is 0 Å². The van der Waals surface area contributed by atoms with E-state index in [0.29, 0.717) is 38.6 Å². The number of amides is 1. The van der Waals surface area contributed by atoms with Crippen LogP contribution >= 0.6 is 0 Å². The Bertz CT molecular complexity index is 529. The SMILES string of the molecule is CCNC(=NCCCNC(=O)OC(C)(C)C)NCCOCCS(C)(=O)=O. The number of hydrogen-bond acceptors (Lipinski definition) is 6.